The van der Waals surface area contributed by atoms with Crippen molar-refractivity contribution in [3.05, 3.63) is 69.8 Å². The van der Waals surface area contributed by atoms with Crippen LogP contribution < -0.4 is 4.74 Å². The molecule has 0 fully saturated rings. The summed E-state index contributed by atoms with van der Waals surface area (Å²) in [5, 5.41) is 9.40. The Labute approximate surface area is 155 Å². The van der Waals surface area contributed by atoms with Crippen molar-refractivity contribution in [3.8, 4) is 11.8 Å². The number of halogens is 2. The fraction of sp³-hybridized carbons (Fsp3) is 0.238. The van der Waals surface area contributed by atoms with Gasteiger partial charge in [0.2, 0.25) is 5.82 Å². The summed E-state index contributed by atoms with van der Waals surface area (Å²) in [7, 11) is 0. The molecule has 2 aromatic rings. The number of fused-ring (bicyclic) bond motifs is 2. The third-order valence-corrected chi connectivity index (χ3v) is 4.28. The summed E-state index contributed by atoms with van der Waals surface area (Å²) in [6.07, 6.45) is 0.703. The average molecular weight is 369 g/mol. The molecule has 0 radical (unpaired) electrons. The summed E-state index contributed by atoms with van der Waals surface area (Å²) in [5.74, 6) is -2.85. The van der Waals surface area contributed by atoms with Crippen LogP contribution in [0.4, 0.5) is 8.78 Å². The smallest absolute Gasteiger partial charge is 0.338 e. The highest BCUT2D eigenvalue weighted by atomic mass is 19.2. The van der Waals surface area contributed by atoms with Gasteiger partial charge in [-0.05, 0) is 48.7 Å². The molecule has 4 nitrogen and oxygen atoms in total. The van der Waals surface area contributed by atoms with E-state index in [1.54, 1.807) is 25.1 Å². The molecule has 0 saturated heterocycles. The zero-order chi connectivity index (χ0) is 19.6. The monoisotopic (exact) mass is 369 g/mol. The predicted molar refractivity (Wildman–Crippen MR) is 95.0 cm³/mol. The fourth-order valence-corrected chi connectivity index (χ4v) is 2.99. The van der Waals surface area contributed by atoms with E-state index in [2.05, 4.69) is 6.07 Å². The molecule has 1 aliphatic rings. The molecule has 0 amide bonds. The fourth-order valence-electron chi connectivity index (χ4n) is 2.99. The Balaban J connectivity index is 2.17. The second-order valence-electron chi connectivity index (χ2n) is 6.15. The Bertz CT molecular complexity index is 990. The van der Waals surface area contributed by atoms with Crippen LogP contribution in [-0.2, 0) is 11.3 Å². The number of nitrogens with zero attached hydrogens (tertiary/aromatic N) is 1. The highest BCUT2D eigenvalue weighted by molar-refractivity contribution is 5.93. The van der Waals surface area contributed by atoms with Crippen molar-refractivity contribution in [2.75, 3.05) is 6.61 Å². The molecular weight excluding hydrogens is 352 g/mol. The Morgan fingerprint density at radius 3 is 2.70 bits per heavy atom. The molecule has 27 heavy (non-hydrogen) atoms. The summed E-state index contributed by atoms with van der Waals surface area (Å²) in [6, 6.07) is 9.31. The van der Waals surface area contributed by atoms with Gasteiger partial charge < -0.3 is 9.47 Å². The standard InChI is InChI=1S/C21H17F2NO3/c1-3-8-26-21(25)13-4-5-15-14(9-13)11-27-20-16(18(15)12(2)10-24)6-7-17(22)19(20)23/h4-7,9H,3,8,11H2,1-2H3. The number of carbonyl (C=O) groups excluding carboxylic acids is 1. The van der Waals surface area contributed by atoms with Gasteiger partial charge in [-0.25, -0.2) is 9.18 Å². The summed E-state index contributed by atoms with van der Waals surface area (Å²) < 4.78 is 38.6. The number of rotatable bonds is 3. The van der Waals surface area contributed by atoms with Crippen molar-refractivity contribution in [2.24, 2.45) is 0 Å². The number of carbonyl (C=O) groups is 1. The number of ether oxygens (including phenoxy) is 2. The number of hydrogen-bond acceptors (Lipinski definition) is 4. The molecule has 0 atom stereocenters. The number of esters is 1. The van der Waals surface area contributed by atoms with Crippen LogP contribution in [0.3, 0.4) is 0 Å². The summed E-state index contributed by atoms with van der Waals surface area (Å²) >= 11 is 0. The normalized spacial score (nSPS) is 14.2. The molecule has 0 N–H and O–H groups in total. The Kier molecular flexibility index (Phi) is 5.22. The van der Waals surface area contributed by atoms with Crippen LogP contribution in [0.5, 0.6) is 5.75 Å². The maximum absolute atomic E-state index is 14.3. The van der Waals surface area contributed by atoms with Gasteiger partial charge in [0.05, 0.1) is 18.2 Å². The molecule has 1 aliphatic heterocycles. The van der Waals surface area contributed by atoms with Crippen LogP contribution >= 0.6 is 0 Å². The highest BCUT2D eigenvalue weighted by Gasteiger charge is 2.26. The third kappa shape index (κ3) is 3.41. The van der Waals surface area contributed by atoms with Gasteiger partial charge in [-0.15, -0.1) is 0 Å². The van der Waals surface area contributed by atoms with E-state index < -0.39 is 17.6 Å². The van der Waals surface area contributed by atoms with Gasteiger partial charge in [-0.2, -0.15) is 9.65 Å². The van der Waals surface area contributed by atoms with Crippen LogP contribution in [0.15, 0.2) is 35.9 Å². The Morgan fingerprint density at radius 1 is 1.26 bits per heavy atom. The van der Waals surface area contributed by atoms with Gasteiger partial charge in [0.15, 0.2) is 11.6 Å². The van der Waals surface area contributed by atoms with E-state index in [4.69, 9.17) is 9.47 Å². The van der Waals surface area contributed by atoms with Crippen LogP contribution in [-0.4, -0.2) is 12.6 Å². The predicted octanol–water partition coefficient (Wildman–Crippen LogP) is 4.77. The van der Waals surface area contributed by atoms with E-state index in [1.165, 1.54) is 6.07 Å². The first-order valence-corrected chi connectivity index (χ1v) is 8.50. The Hall–Kier alpha value is -3.20. The number of nitriles is 1. The van der Waals surface area contributed by atoms with Crippen LogP contribution in [0.2, 0.25) is 0 Å². The van der Waals surface area contributed by atoms with E-state index in [-0.39, 0.29) is 12.4 Å². The third-order valence-electron chi connectivity index (χ3n) is 4.28. The molecular formula is C21H17F2NO3. The van der Waals surface area contributed by atoms with Crippen molar-refractivity contribution in [3.63, 3.8) is 0 Å². The van der Waals surface area contributed by atoms with E-state index >= 15 is 0 Å². The lowest BCUT2D eigenvalue weighted by molar-refractivity contribution is 0.0505. The molecule has 0 aliphatic carbocycles. The molecule has 0 spiro atoms. The van der Waals surface area contributed by atoms with E-state index in [0.717, 1.165) is 6.07 Å². The molecule has 138 valence electrons. The van der Waals surface area contributed by atoms with Gasteiger partial charge in [0.1, 0.15) is 6.61 Å². The summed E-state index contributed by atoms with van der Waals surface area (Å²) in [6.45, 7) is 3.73. The minimum absolute atomic E-state index is 0.0696. The molecule has 1 heterocycles. The van der Waals surface area contributed by atoms with Gasteiger partial charge >= 0.3 is 5.97 Å². The molecule has 6 heteroatoms. The van der Waals surface area contributed by atoms with Crippen molar-refractivity contribution in [2.45, 2.75) is 26.9 Å². The minimum atomic E-state index is -1.11. The van der Waals surface area contributed by atoms with Crippen molar-refractivity contribution in [1.29, 1.82) is 5.26 Å². The number of benzene rings is 2. The van der Waals surface area contributed by atoms with Crippen molar-refractivity contribution in [1.82, 2.24) is 0 Å². The molecule has 0 saturated carbocycles. The first-order valence-electron chi connectivity index (χ1n) is 8.50. The molecule has 0 unspecified atom stereocenters. The second kappa shape index (κ2) is 7.58. The van der Waals surface area contributed by atoms with E-state index in [1.807, 2.05) is 6.92 Å². The first-order chi connectivity index (χ1) is 13.0. The number of allylic oxidation sites excluding steroid dienone is 1. The van der Waals surface area contributed by atoms with Gasteiger partial charge in [-0.3, -0.25) is 0 Å². The largest absolute Gasteiger partial charge is 0.485 e. The average Bonchev–Trinajstić information content (AvgIpc) is 2.84. The topological polar surface area (TPSA) is 59.3 Å². The molecule has 0 aromatic heterocycles. The van der Waals surface area contributed by atoms with E-state index in [0.29, 0.717) is 46.4 Å². The lowest BCUT2D eigenvalue weighted by Gasteiger charge is -2.12. The lowest BCUT2D eigenvalue weighted by atomic mass is 9.90. The van der Waals surface area contributed by atoms with Crippen LogP contribution in [0, 0.1) is 23.0 Å². The molecule has 2 aromatic carbocycles. The zero-order valence-corrected chi connectivity index (χ0v) is 14.9. The minimum Gasteiger partial charge on any atom is -0.485 e. The zero-order valence-electron chi connectivity index (χ0n) is 14.9. The van der Waals surface area contributed by atoms with Crippen molar-refractivity contribution >= 4 is 11.5 Å². The SMILES string of the molecule is CCCOC(=O)c1ccc2c(c1)COc1c(ccc(F)c1F)C2=C(C)C#N. The van der Waals surface area contributed by atoms with Gasteiger partial charge in [0, 0.05) is 16.7 Å². The van der Waals surface area contributed by atoms with Gasteiger partial charge in [-0.1, -0.05) is 13.0 Å². The maximum Gasteiger partial charge on any atom is 0.338 e. The molecule has 0 bridgehead atoms. The number of hydrogen-bond donors (Lipinski definition) is 0. The van der Waals surface area contributed by atoms with Crippen LogP contribution in [0.1, 0.15) is 47.3 Å². The van der Waals surface area contributed by atoms with E-state index in [9.17, 15) is 18.8 Å². The summed E-state index contributed by atoms with van der Waals surface area (Å²) in [5.41, 5.74) is 2.63. The maximum atomic E-state index is 14.3. The quantitative estimate of drug-likeness (QED) is 0.578. The van der Waals surface area contributed by atoms with Crippen LogP contribution in [0.25, 0.3) is 5.57 Å². The highest BCUT2D eigenvalue weighted by Crippen LogP contribution is 2.40. The first kappa shape index (κ1) is 18.6. The molecule has 3 rings (SSSR count). The Morgan fingerprint density at radius 2 is 2.00 bits per heavy atom. The second-order valence-corrected chi connectivity index (χ2v) is 6.15. The van der Waals surface area contributed by atoms with Gasteiger partial charge in [0.25, 0.3) is 0 Å². The van der Waals surface area contributed by atoms with Crippen molar-refractivity contribution < 1.29 is 23.0 Å². The summed E-state index contributed by atoms with van der Waals surface area (Å²) in [4.78, 5) is 12.1. The lowest BCUT2D eigenvalue weighted by Crippen LogP contribution is -2.08.